The molecule has 4 aliphatic rings. The van der Waals surface area contributed by atoms with Gasteiger partial charge in [-0.05, 0) is 0 Å². The Hall–Kier alpha value is 0.188. The van der Waals surface area contributed by atoms with Crippen LogP contribution in [0.2, 0.25) is 24.2 Å². The summed E-state index contributed by atoms with van der Waals surface area (Å²) in [6.45, 7) is 4.11. The third-order valence-corrected chi connectivity index (χ3v) is 20.1. The Morgan fingerprint density at radius 1 is 0.545 bits per heavy atom. The normalized spacial score (nSPS) is 29.3. The molecule has 4 N–H and O–H groups in total. The van der Waals surface area contributed by atoms with Crippen molar-refractivity contribution in [2.24, 2.45) is 0 Å². The van der Waals surface area contributed by atoms with Crippen molar-refractivity contribution in [3.8, 4) is 0 Å². The zero-order valence-corrected chi connectivity index (χ0v) is 29.4. The van der Waals surface area contributed by atoms with E-state index in [-0.39, 0.29) is 75.0 Å². The highest BCUT2D eigenvalue weighted by Crippen LogP contribution is 2.30. The molecule has 0 amide bonds. The van der Waals surface area contributed by atoms with E-state index in [1.54, 1.807) is 0 Å². The Morgan fingerprint density at radius 2 is 0.932 bits per heavy atom. The van der Waals surface area contributed by atoms with Gasteiger partial charge < -0.3 is 78.6 Å². The van der Waals surface area contributed by atoms with Crippen LogP contribution in [0, 0.1) is 0 Å². The van der Waals surface area contributed by atoms with Crippen molar-refractivity contribution in [2.45, 2.75) is 48.6 Å². The van der Waals surface area contributed by atoms with Crippen molar-refractivity contribution in [3.63, 3.8) is 0 Å². The maximum absolute atomic E-state index is 11.9. The molecule has 0 aromatic heterocycles. The van der Waals surface area contributed by atoms with Crippen molar-refractivity contribution in [1.82, 2.24) is 0 Å². The molecular weight excluding hydrogens is 661 g/mol. The molecule has 8 atom stereocenters. The molecule has 4 fully saturated rings. The average molecular weight is 709 g/mol. The van der Waals surface area contributed by atoms with Crippen LogP contribution < -0.4 is 0 Å². The largest absolute Gasteiger partial charge is 0.492 e. The molecule has 4 heterocycles. The molecule has 0 bridgehead atoms. The molecule has 44 heavy (non-hydrogen) atoms. The number of hydrogen-bond acceptors (Lipinski definition) is 17. The monoisotopic (exact) mass is 708 g/mol. The first-order valence-electron chi connectivity index (χ1n) is 14.9. The topological polar surface area (TPSA) is 214 Å². The summed E-state index contributed by atoms with van der Waals surface area (Å²) in [5, 5.41) is 10.2. The van der Waals surface area contributed by atoms with Gasteiger partial charge in [0.15, 0.2) is 0 Å². The van der Waals surface area contributed by atoms with E-state index >= 15 is 0 Å². The van der Waals surface area contributed by atoms with Crippen LogP contribution in [0.1, 0.15) is 0 Å². The second-order valence-electron chi connectivity index (χ2n) is 11.0. The van der Waals surface area contributed by atoms with E-state index in [9.17, 15) is 19.5 Å². The van der Waals surface area contributed by atoms with Crippen LogP contribution in [0.3, 0.4) is 0 Å². The first-order chi connectivity index (χ1) is 21.1. The summed E-state index contributed by atoms with van der Waals surface area (Å²) < 4.78 is 72.9. The zero-order valence-electron chi connectivity index (χ0n) is 25.4. The van der Waals surface area contributed by atoms with Crippen LogP contribution in [-0.4, -0.2) is 179 Å². The molecule has 0 aliphatic carbocycles. The number of aliphatic hydroxyl groups excluding tert-OH is 1. The molecule has 21 heteroatoms. The van der Waals surface area contributed by atoms with Gasteiger partial charge in [-0.15, -0.1) is 0 Å². The fourth-order valence-electron chi connectivity index (χ4n) is 3.92. The Balaban J connectivity index is 1.45. The van der Waals surface area contributed by atoms with Gasteiger partial charge in [-0.25, -0.2) is 0 Å². The molecule has 0 radical (unpaired) electrons. The summed E-state index contributed by atoms with van der Waals surface area (Å²) in [6.07, 6.45) is -0.655. The fraction of sp³-hybridized carbons (Fsp3) is 1.00. The highest BCUT2D eigenvalue weighted by molar-refractivity contribution is 6.84. The average Bonchev–Trinajstić information content (AvgIpc) is 3.83. The number of epoxide rings is 4. The Morgan fingerprint density at radius 3 is 1.32 bits per heavy atom. The van der Waals surface area contributed by atoms with Gasteiger partial charge in [-0.3, -0.25) is 0 Å². The minimum Gasteiger partial charge on any atom is -0.410 e. The lowest BCUT2D eigenvalue weighted by Gasteiger charge is -2.40. The summed E-state index contributed by atoms with van der Waals surface area (Å²) in [6, 6.07) is -0.194. The summed E-state index contributed by atoms with van der Waals surface area (Å²) in [4.78, 5) is 34.7. The SMILES string of the molecule is CO[Si](O)(CCOCC1CO1)O[Si](CCOCC1CO1)(OC)O[Si](O)(CCOCC1CO1)O[Si](O)(CO)CCOCC1CO1. The molecule has 4 saturated heterocycles. The van der Waals surface area contributed by atoms with E-state index < -0.39 is 41.2 Å². The predicted octanol–water partition coefficient (Wildman–Crippen LogP) is -2.24. The predicted molar refractivity (Wildman–Crippen MR) is 155 cm³/mol. The molecule has 0 spiro atoms. The lowest BCUT2D eigenvalue weighted by molar-refractivity contribution is 0.0636. The van der Waals surface area contributed by atoms with Gasteiger partial charge >= 0.3 is 35.0 Å². The zero-order chi connectivity index (χ0) is 31.5. The van der Waals surface area contributed by atoms with Crippen molar-refractivity contribution < 1.29 is 78.6 Å². The summed E-state index contributed by atoms with van der Waals surface area (Å²) in [5.74, 6) is 0. The third-order valence-electron chi connectivity index (χ3n) is 7.00. The molecule has 0 aromatic rings. The van der Waals surface area contributed by atoms with E-state index in [1.807, 2.05) is 0 Å². The van der Waals surface area contributed by atoms with Gasteiger partial charge in [-0.2, -0.15) is 0 Å². The van der Waals surface area contributed by atoms with Gasteiger partial charge in [-0.1, -0.05) is 0 Å². The molecule has 17 nitrogen and oxygen atoms in total. The summed E-state index contributed by atoms with van der Waals surface area (Å²) >= 11 is 0. The molecule has 258 valence electrons. The first-order valence-corrected chi connectivity index (χ1v) is 23.0. The van der Waals surface area contributed by atoms with Crippen LogP contribution in [-0.2, 0) is 59.1 Å². The Kier molecular flexibility index (Phi) is 14.8. The molecule has 4 aliphatic heterocycles. The van der Waals surface area contributed by atoms with Gasteiger partial charge in [0.25, 0.3) is 0 Å². The van der Waals surface area contributed by atoms with Crippen LogP contribution in [0.25, 0.3) is 0 Å². The van der Waals surface area contributed by atoms with Crippen LogP contribution in [0.4, 0.5) is 0 Å². The van der Waals surface area contributed by atoms with Gasteiger partial charge in [0.2, 0.25) is 0 Å². The minimum absolute atomic E-state index is 0.000768. The summed E-state index contributed by atoms with van der Waals surface area (Å²) in [7, 11) is -13.9. The van der Waals surface area contributed by atoms with Gasteiger partial charge in [0.05, 0.1) is 78.9 Å². The second-order valence-corrected chi connectivity index (χ2v) is 22.7. The van der Waals surface area contributed by atoms with E-state index in [0.29, 0.717) is 52.9 Å². The maximum Gasteiger partial charge on any atom is 0.492 e. The number of ether oxygens (including phenoxy) is 8. The van der Waals surface area contributed by atoms with Crippen LogP contribution >= 0.6 is 0 Å². The first kappa shape index (κ1) is 37.0. The maximum atomic E-state index is 11.9. The Bertz CT molecular complexity index is 841. The highest BCUT2D eigenvalue weighted by Gasteiger charge is 2.59. The number of rotatable bonds is 29. The quantitative estimate of drug-likeness (QED) is 0.0367. The van der Waals surface area contributed by atoms with Gasteiger partial charge in [0.1, 0.15) is 24.4 Å². The lowest BCUT2D eigenvalue weighted by atomic mass is 10.5. The molecule has 0 saturated carbocycles. The number of hydrogen-bond donors (Lipinski definition) is 4. The van der Waals surface area contributed by atoms with E-state index in [1.165, 1.54) is 14.2 Å². The van der Waals surface area contributed by atoms with E-state index in [0.717, 1.165) is 0 Å². The molecular formula is C23H48O17Si4. The standard InChI is InChI=1S/C23H48O17Si4/c1-28-42(26,8-4-31-12-21-16-35-21)39-44(29-2,10-6-33-14-23-18-37-23)40-43(27,9-5-32-13-22-17-36-22)38-41(25,19-24)7-3-30-11-20-15-34-20/h20-27H,3-19H2,1-2H3. The third kappa shape index (κ3) is 14.1. The molecule has 8 unspecified atom stereocenters. The lowest BCUT2D eigenvalue weighted by Crippen LogP contribution is -2.66. The van der Waals surface area contributed by atoms with Crippen molar-refractivity contribution in [3.05, 3.63) is 0 Å². The van der Waals surface area contributed by atoms with Crippen LogP contribution in [0.5, 0.6) is 0 Å². The summed E-state index contributed by atoms with van der Waals surface area (Å²) in [5.41, 5.74) is 0. The molecule has 4 rings (SSSR count). The smallest absolute Gasteiger partial charge is 0.410 e. The van der Waals surface area contributed by atoms with Crippen molar-refractivity contribution >= 4 is 35.0 Å². The number of aliphatic hydroxyl groups is 1. The Labute approximate surface area is 261 Å². The van der Waals surface area contributed by atoms with E-state index in [4.69, 9.17) is 59.1 Å². The fourth-order valence-corrected chi connectivity index (χ4v) is 17.2. The van der Waals surface area contributed by atoms with E-state index in [2.05, 4.69) is 0 Å². The minimum atomic E-state index is -4.47. The second kappa shape index (κ2) is 17.5. The van der Waals surface area contributed by atoms with Crippen LogP contribution in [0.15, 0.2) is 0 Å². The highest BCUT2D eigenvalue weighted by atomic mass is 28.5. The van der Waals surface area contributed by atoms with Crippen molar-refractivity contribution in [2.75, 3.05) is 99.7 Å². The molecule has 0 aromatic carbocycles. The van der Waals surface area contributed by atoms with Crippen molar-refractivity contribution in [1.29, 1.82) is 0 Å². The van der Waals surface area contributed by atoms with Gasteiger partial charge in [0, 0.05) is 45.0 Å².